The molecule has 6 nitrogen and oxygen atoms in total. The molecule has 7 heteroatoms. The number of nitrogens with one attached hydrogen (secondary N) is 1. The molecule has 0 spiro atoms. The van der Waals surface area contributed by atoms with Crippen LogP contribution in [-0.2, 0) is 11.3 Å². The van der Waals surface area contributed by atoms with Crippen LogP contribution in [0.3, 0.4) is 0 Å². The third-order valence-electron chi connectivity index (χ3n) is 3.75. The fourth-order valence-electron chi connectivity index (χ4n) is 2.28. The van der Waals surface area contributed by atoms with Gasteiger partial charge in [0.05, 0.1) is 6.54 Å². The summed E-state index contributed by atoms with van der Waals surface area (Å²) in [7, 11) is 0. The Hall–Kier alpha value is -2.28. The van der Waals surface area contributed by atoms with Gasteiger partial charge in [-0.1, -0.05) is 0 Å². The number of aromatic nitrogens is 2. The monoisotopic (exact) mass is 291 g/mol. The Kier molecular flexibility index (Phi) is 3.42. The summed E-state index contributed by atoms with van der Waals surface area (Å²) < 4.78 is 18.3. The van der Waals surface area contributed by atoms with Crippen LogP contribution < -0.4 is 5.32 Å². The lowest BCUT2D eigenvalue weighted by molar-refractivity contribution is -0.149. The molecule has 1 aliphatic rings. The lowest BCUT2D eigenvalue weighted by Gasteiger charge is -2.38. The van der Waals surface area contributed by atoms with Crippen molar-refractivity contribution in [2.45, 2.75) is 31.3 Å². The molecule has 1 aliphatic carbocycles. The number of hydrogen-bond donors (Lipinski definition) is 2. The Bertz CT molecular complexity index is 650. The molecule has 1 aromatic heterocycles. The molecule has 3 rings (SSSR count). The van der Waals surface area contributed by atoms with E-state index in [1.165, 1.54) is 12.1 Å². The van der Waals surface area contributed by atoms with Gasteiger partial charge in [0.1, 0.15) is 11.4 Å². The molecular formula is C14H14FN3O3. The average molecular weight is 291 g/mol. The van der Waals surface area contributed by atoms with E-state index in [1.54, 1.807) is 12.1 Å². The van der Waals surface area contributed by atoms with E-state index in [2.05, 4.69) is 15.5 Å². The maximum absolute atomic E-state index is 12.8. The van der Waals surface area contributed by atoms with E-state index in [4.69, 9.17) is 4.42 Å². The molecule has 1 saturated carbocycles. The normalized spacial score (nSPS) is 16.4. The third-order valence-corrected chi connectivity index (χ3v) is 3.75. The van der Waals surface area contributed by atoms with Gasteiger partial charge in [0.25, 0.3) is 0 Å². The zero-order chi connectivity index (χ0) is 14.9. The van der Waals surface area contributed by atoms with Crippen LogP contribution in [0.2, 0.25) is 0 Å². The average Bonchev–Trinajstić information content (AvgIpc) is 2.87. The second-order valence-electron chi connectivity index (χ2n) is 5.10. The van der Waals surface area contributed by atoms with Gasteiger partial charge in [-0.05, 0) is 43.5 Å². The van der Waals surface area contributed by atoms with Crippen LogP contribution in [0, 0.1) is 5.82 Å². The predicted octanol–water partition coefficient (Wildman–Crippen LogP) is 1.97. The molecule has 0 radical (unpaired) electrons. The number of carbonyl (C=O) groups is 1. The van der Waals surface area contributed by atoms with Crippen molar-refractivity contribution in [3.8, 4) is 11.5 Å². The molecule has 2 N–H and O–H groups in total. The van der Waals surface area contributed by atoms with Gasteiger partial charge in [0.2, 0.25) is 11.8 Å². The highest BCUT2D eigenvalue weighted by molar-refractivity contribution is 5.79. The molecular weight excluding hydrogens is 277 g/mol. The van der Waals surface area contributed by atoms with Gasteiger partial charge in [0.15, 0.2) is 0 Å². The smallest absolute Gasteiger partial charge is 0.323 e. The molecule has 1 fully saturated rings. The molecule has 0 aliphatic heterocycles. The van der Waals surface area contributed by atoms with Crippen LogP contribution in [0.5, 0.6) is 0 Å². The van der Waals surface area contributed by atoms with Gasteiger partial charge in [-0.15, -0.1) is 10.2 Å². The Morgan fingerprint density at radius 3 is 2.62 bits per heavy atom. The van der Waals surface area contributed by atoms with E-state index in [1.807, 2.05) is 0 Å². The van der Waals surface area contributed by atoms with E-state index < -0.39 is 11.5 Å². The van der Waals surface area contributed by atoms with Crippen LogP contribution in [0.4, 0.5) is 4.39 Å². The van der Waals surface area contributed by atoms with Crippen LogP contribution in [0.1, 0.15) is 25.2 Å². The van der Waals surface area contributed by atoms with E-state index in [9.17, 15) is 14.3 Å². The Morgan fingerprint density at radius 1 is 1.33 bits per heavy atom. The standard InChI is InChI=1S/C14H14FN3O3/c15-10-4-2-9(3-5-10)12-18-17-11(21-12)8-16-14(13(19)20)6-1-7-14/h2-5,16H,1,6-8H2,(H,19,20). The van der Waals surface area contributed by atoms with Crippen molar-refractivity contribution in [2.75, 3.05) is 0 Å². The molecule has 21 heavy (non-hydrogen) atoms. The fourth-order valence-corrected chi connectivity index (χ4v) is 2.28. The third kappa shape index (κ3) is 2.64. The largest absolute Gasteiger partial charge is 0.480 e. The maximum Gasteiger partial charge on any atom is 0.323 e. The quantitative estimate of drug-likeness (QED) is 0.875. The Balaban J connectivity index is 1.68. The summed E-state index contributed by atoms with van der Waals surface area (Å²) >= 11 is 0. The van der Waals surface area contributed by atoms with Crippen LogP contribution >= 0.6 is 0 Å². The predicted molar refractivity (Wildman–Crippen MR) is 70.7 cm³/mol. The number of carboxylic acid groups (broad SMARTS) is 1. The highest BCUT2D eigenvalue weighted by atomic mass is 19.1. The molecule has 0 atom stereocenters. The van der Waals surface area contributed by atoms with Gasteiger partial charge in [0, 0.05) is 5.56 Å². The fraction of sp³-hybridized carbons (Fsp3) is 0.357. The number of aliphatic carboxylic acids is 1. The van der Waals surface area contributed by atoms with Crippen molar-refractivity contribution in [3.63, 3.8) is 0 Å². The summed E-state index contributed by atoms with van der Waals surface area (Å²) in [6.07, 6.45) is 2.09. The van der Waals surface area contributed by atoms with Gasteiger partial charge >= 0.3 is 5.97 Å². The van der Waals surface area contributed by atoms with Gasteiger partial charge < -0.3 is 9.52 Å². The zero-order valence-corrected chi connectivity index (χ0v) is 11.2. The van der Waals surface area contributed by atoms with Crippen LogP contribution in [0.25, 0.3) is 11.5 Å². The molecule has 0 bridgehead atoms. The van der Waals surface area contributed by atoms with Crippen molar-refractivity contribution in [1.82, 2.24) is 15.5 Å². The molecule has 0 saturated heterocycles. The molecule has 0 amide bonds. The molecule has 110 valence electrons. The first-order valence-electron chi connectivity index (χ1n) is 6.66. The molecule has 2 aromatic rings. The zero-order valence-electron chi connectivity index (χ0n) is 11.2. The first kappa shape index (κ1) is 13.7. The first-order valence-corrected chi connectivity index (χ1v) is 6.66. The lowest BCUT2D eigenvalue weighted by atomic mass is 9.77. The Labute approximate surface area is 120 Å². The van der Waals surface area contributed by atoms with Crippen molar-refractivity contribution in [3.05, 3.63) is 36.0 Å². The second kappa shape index (κ2) is 5.25. The minimum Gasteiger partial charge on any atom is -0.480 e. The van der Waals surface area contributed by atoms with Gasteiger partial charge in [-0.2, -0.15) is 0 Å². The number of halogens is 1. The minimum absolute atomic E-state index is 0.195. The number of rotatable bonds is 5. The maximum atomic E-state index is 12.8. The highest BCUT2D eigenvalue weighted by Gasteiger charge is 2.44. The van der Waals surface area contributed by atoms with Crippen LogP contribution in [-0.4, -0.2) is 26.8 Å². The first-order chi connectivity index (χ1) is 10.1. The van der Waals surface area contributed by atoms with Crippen LogP contribution in [0.15, 0.2) is 28.7 Å². The molecule has 1 aromatic carbocycles. The highest BCUT2D eigenvalue weighted by Crippen LogP contribution is 2.32. The lowest BCUT2D eigenvalue weighted by Crippen LogP contribution is -2.56. The summed E-state index contributed by atoms with van der Waals surface area (Å²) in [5, 5.41) is 19.9. The SMILES string of the molecule is O=C(O)C1(NCc2nnc(-c3ccc(F)cc3)o2)CCC1. The number of carboxylic acids is 1. The number of nitrogens with zero attached hydrogens (tertiary/aromatic N) is 2. The second-order valence-corrected chi connectivity index (χ2v) is 5.10. The summed E-state index contributed by atoms with van der Waals surface area (Å²) in [6, 6.07) is 5.71. The minimum atomic E-state index is -0.871. The summed E-state index contributed by atoms with van der Waals surface area (Å²) in [5.41, 5.74) is -0.253. The van der Waals surface area contributed by atoms with Crippen molar-refractivity contribution < 1.29 is 18.7 Å². The number of hydrogen-bond acceptors (Lipinski definition) is 5. The van der Waals surface area contributed by atoms with E-state index in [-0.39, 0.29) is 18.3 Å². The number of benzene rings is 1. The Morgan fingerprint density at radius 2 is 2.05 bits per heavy atom. The summed E-state index contributed by atoms with van der Waals surface area (Å²) in [6.45, 7) is 0.195. The van der Waals surface area contributed by atoms with Crippen molar-refractivity contribution in [1.29, 1.82) is 0 Å². The molecule has 1 heterocycles. The van der Waals surface area contributed by atoms with Crippen molar-refractivity contribution >= 4 is 5.97 Å². The van der Waals surface area contributed by atoms with E-state index in [0.29, 0.717) is 24.3 Å². The van der Waals surface area contributed by atoms with Gasteiger partial charge in [-0.3, -0.25) is 10.1 Å². The summed E-state index contributed by atoms with van der Waals surface area (Å²) in [5.74, 6) is -0.604. The molecule has 0 unspecified atom stereocenters. The van der Waals surface area contributed by atoms with Crippen molar-refractivity contribution in [2.24, 2.45) is 0 Å². The van der Waals surface area contributed by atoms with E-state index >= 15 is 0 Å². The topological polar surface area (TPSA) is 88.2 Å². The van der Waals surface area contributed by atoms with E-state index in [0.717, 1.165) is 6.42 Å². The van der Waals surface area contributed by atoms with Gasteiger partial charge in [-0.25, -0.2) is 4.39 Å². The summed E-state index contributed by atoms with van der Waals surface area (Å²) in [4.78, 5) is 11.2.